The molecule has 0 aliphatic carbocycles. The lowest BCUT2D eigenvalue weighted by Gasteiger charge is -2.39. The van der Waals surface area contributed by atoms with E-state index in [1.165, 1.54) is 11.1 Å². The van der Waals surface area contributed by atoms with Gasteiger partial charge in [0, 0.05) is 103 Å². The number of hydrogen-bond acceptors (Lipinski definition) is 10. The van der Waals surface area contributed by atoms with Crippen LogP contribution < -0.4 is 9.80 Å². The highest BCUT2D eigenvalue weighted by atomic mass is 35.5. The molecule has 4 saturated heterocycles. The number of carbonyl (C=O) groups excluding carboxylic acids is 2. The molecule has 14 heteroatoms. The first kappa shape index (κ1) is 37.7. The van der Waals surface area contributed by atoms with Gasteiger partial charge in [-0.15, -0.1) is 24.8 Å². The molecular weight excluding hydrogens is 675 g/mol. The average molecular weight is 726 g/mol. The molecule has 0 spiro atoms. The lowest BCUT2D eigenvalue weighted by molar-refractivity contribution is -0.138. The van der Waals surface area contributed by atoms with Gasteiger partial charge >= 0.3 is 0 Å². The Morgan fingerprint density at radius 3 is 1.26 bits per heavy atom. The predicted molar refractivity (Wildman–Crippen MR) is 199 cm³/mol. The second-order valence-corrected chi connectivity index (χ2v) is 13.7. The summed E-state index contributed by atoms with van der Waals surface area (Å²) in [4.78, 5) is 57.7. The molecule has 50 heavy (non-hydrogen) atoms. The Kier molecular flexibility index (Phi) is 13.6. The van der Waals surface area contributed by atoms with E-state index in [0.717, 1.165) is 129 Å². The minimum atomic E-state index is 0. The highest BCUT2D eigenvalue weighted by molar-refractivity contribution is 5.85. The summed E-state index contributed by atoms with van der Waals surface area (Å²) >= 11 is 0. The number of hydrogen-bond donors (Lipinski definition) is 0. The Morgan fingerprint density at radius 2 is 0.900 bits per heavy atom. The minimum absolute atomic E-state index is 0. The molecule has 6 heterocycles. The van der Waals surface area contributed by atoms with Crippen molar-refractivity contribution in [3.05, 3.63) is 72.3 Å². The van der Waals surface area contributed by atoms with E-state index in [0.29, 0.717) is 11.8 Å². The second-order valence-electron chi connectivity index (χ2n) is 13.7. The van der Waals surface area contributed by atoms with Crippen molar-refractivity contribution in [3.8, 4) is 0 Å². The van der Waals surface area contributed by atoms with Crippen LogP contribution in [0.25, 0.3) is 0 Å². The van der Waals surface area contributed by atoms with Crippen molar-refractivity contribution in [2.75, 3.05) is 88.3 Å². The van der Waals surface area contributed by atoms with Gasteiger partial charge in [0.1, 0.15) is 0 Å². The first-order valence-electron chi connectivity index (χ1n) is 17.7. The van der Waals surface area contributed by atoms with Gasteiger partial charge in [0.15, 0.2) is 0 Å². The molecule has 2 amide bonds. The number of anilines is 2. The van der Waals surface area contributed by atoms with E-state index in [1.54, 1.807) is 24.8 Å². The molecule has 7 rings (SSSR count). The number of carbonyl (C=O) groups is 2. The highest BCUT2D eigenvalue weighted by Crippen LogP contribution is 2.24. The van der Waals surface area contributed by atoms with Gasteiger partial charge in [-0.05, 0) is 62.0 Å². The molecule has 270 valence electrons. The summed E-state index contributed by atoms with van der Waals surface area (Å²) in [5.41, 5.74) is 2.57. The molecule has 2 aromatic heterocycles. The molecule has 0 saturated carbocycles. The normalized spacial score (nSPS) is 22.0. The smallest absolute Gasteiger partial charge is 0.227 e. The molecule has 3 aromatic rings. The van der Waals surface area contributed by atoms with E-state index in [4.69, 9.17) is 0 Å². The summed E-state index contributed by atoms with van der Waals surface area (Å²) in [6.45, 7) is 11.4. The SMILES string of the molecule is Cl.Cl.O=C(C1CCCN(Cc2ccc(CN3CCCC(C(=O)N4CCN(c5ncccn5)CC4)C3)cc2)C1)N1CCN(c2ncccn2)CC1. The van der Waals surface area contributed by atoms with Crippen LogP contribution in [0.3, 0.4) is 0 Å². The summed E-state index contributed by atoms with van der Waals surface area (Å²) in [6, 6.07) is 12.6. The third-order valence-corrected chi connectivity index (χ3v) is 10.4. The zero-order chi connectivity index (χ0) is 32.7. The number of halogens is 2. The molecule has 0 bridgehead atoms. The third kappa shape index (κ3) is 9.39. The Bertz CT molecular complexity index is 1380. The highest BCUT2D eigenvalue weighted by Gasteiger charge is 2.33. The van der Waals surface area contributed by atoms with Crippen LogP contribution in [0.2, 0.25) is 0 Å². The molecule has 4 aliphatic rings. The van der Waals surface area contributed by atoms with Crippen LogP contribution >= 0.6 is 24.8 Å². The number of nitrogens with zero attached hydrogens (tertiary/aromatic N) is 10. The molecule has 4 fully saturated rings. The number of benzene rings is 1. The number of aromatic nitrogens is 4. The molecule has 2 atom stereocenters. The molecule has 0 radical (unpaired) electrons. The van der Waals surface area contributed by atoms with Crippen molar-refractivity contribution in [2.45, 2.75) is 38.8 Å². The maximum Gasteiger partial charge on any atom is 0.227 e. The predicted octanol–water partition coefficient (Wildman–Crippen LogP) is 3.23. The third-order valence-electron chi connectivity index (χ3n) is 10.4. The van der Waals surface area contributed by atoms with Gasteiger partial charge in [-0.2, -0.15) is 0 Å². The zero-order valence-corrected chi connectivity index (χ0v) is 30.4. The fraction of sp³-hybridized carbons (Fsp3) is 0.556. The van der Waals surface area contributed by atoms with E-state index in [-0.39, 0.29) is 36.6 Å². The van der Waals surface area contributed by atoms with Crippen molar-refractivity contribution in [3.63, 3.8) is 0 Å². The lowest BCUT2D eigenvalue weighted by Crippen LogP contribution is -2.52. The Labute approximate surface area is 308 Å². The van der Waals surface area contributed by atoms with E-state index in [2.05, 4.69) is 63.8 Å². The summed E-state index contributed by atoms with van der Waals surface area (Å²) in [5, 5.41) is 0. The topological polar surface area (TPSA) is 105 Å². The maximum absolute atomic E-state index is 13.5. The van der Waals surface area contributed by atoms with Crippen molar-refractivity contribution in [1.82, 2.24) is 39.5 Å². The molecule has 12 nitrogen and oxygen atoms in total. The van der Waals surface area contributed by atoms with Crippen LogP contribution in [0.1, 0.15) is 36.8 Å². The summed E-state index contributed by atoms with van der Waals surface area (Å²) in [5.74, 6) is 2.21. The van der Waals surface area contributed by atoms with E-state index in [1.807, 2.05) is 21.9 Å². The van der Waals surface area contributed by atoms with Crippen LogP contribution in [0.15, 0.2) is 61.2 Å². The van der Waals surface area contributed by atoms with Crippen molar-refractivity contribution < 1.29 is 9.59 Å². The zero-order valence-electron chi connectivity index (χ0n) is 28.8. The van der Waals surface area contributed by atoms with Crippen LogP contribution in [0.5, 0.6) is 0 Å². The lowest BCUT2D eigenvalue weighted by atomic mass is 9.95. The largest absolute Gasteiger partial charge is 0.339 e. The van der Waals surface area contributed by atoms with Gasteiger partial charge < -0.3 is 19.6 Å². The average Bonchev–Trinajstić information content (AvgIpc) is 3.16. The number of piperazine rings is 2. The summed E-state index contributed by atoms with van der Waals surface area (Å²) < 4.78 is 0. The standard InChI is InChI=1S/C36H48N10O2.2ClH/c47-33(43-17-21-45(22-18-43)35-37-11-3-12-38-35)31-5-1-15-41(27-31)25-29-7-9-30(10-8-29)26-42-16-2-6-32(28-42)34(48)44-19-23-46(24-20-44)36-39-13-4-14-40-36;;/h3-4,7-14,31-32H,1-2,5-6,15-28H2;2*1H. The molecule has 0 N–H and O–H groups in total. The Balaban J connectivity index is 0.00000243. The van der Waals surface area contributed by atoms with Gasteiger partial charge in [-0.1, -0.05) is 24.3 Å². The van der Waals surface area contributed by atoms with Gasteiger partial charge in [0.25, 0.3) is 0 Å². The number of rotatable bonds is 8. The van der Waals surface area contributed by atoms with E-state index < -0.39 is 0 Å². The molecule has 2 unspecified atom stereocenters. The van der Waals surface area contributed by atoms with Crippen molar-refractivity contribution in [1.29, 1.82) is 0 Å². The van der Waals surface area contributed by atoms with Crippen molar-refractivity contribution in [2.24, 2.45) is 11.8 Å². The van der Waals surface area contributed by atoms with E-state index in [9.17, 15) is 9.59 Å². The Hall–Kier alpha value is -3.58. The fourth-order valence-corrected chi connectivity index (χ4v) is 7.75. The quantitative estimate of drug-likeness (QED) is 0.344. The van der Waals surface area contributed by atoms with Gasteiger partial charge in [0.05, 0.1) is 11.8 Å². The second kappa shape index (κ2) is 18.1. The van der Waals surface area contributed by atoms with E-state index >= 15 is 0 Å². The molecule has 1 aromatic carbocycles. The minimum Gasteiger partial charge on any atom is -0.339 e. The van der Waals surface area contributed by atoms with Gasteiger partial charge in [-0.25, -0.2) is 19.9 Å². The van der Waals surface area contributed by atoms with Crippen LogP contribution in [0.4, 0.5) is 11.9 Å². The molecular formula is C36H50Cl2N10O2. The van der Waals surface area contributed by atoms with Crippen LogP contribution in [-0.2, 0) is 22.7 Å². The van der Waals surface area contributed by atoms with Gasteiger partial charge in [0.2, 0.25) is 23.7 Å². The fourth-order valence-electron chi connectivity index (χ4n) is 7.75. The van der Waals surface area contributed by atoms with Crippen LogP contribution in [0, 0.1) is 11.8 Å². The Morgan fingerprint density at radius 1 is 0.540 bits per heavy atom. The monoisotopic (exact) mass is 724 g/mol. The number of piperidine rings is 2. The summed E-state index contributed by atoms with van der Waals surface area (Å²) in [6.07, 6.45) is 11.1. The first-order valence-corrected chi connectivity index (χ1v) is 17.7. The van der Waals surface area contributed by atoms with Gasteiger partial charge in [-0.3, -0.25) is 19.4 Å². The summed E-state index contributed by atoms with van der Waals surface area (Å²) in [7, 11) is 0. The number of amides is 2. The maximum atomic E-state index is 13.5. The first-order chi connectivity index (χ1) is 23.6. The molecule has 4 aliphatic heterocycles. The van der Waals surface area contributed by atoms with Crippen molar-refractivity contribution >= 4 is 48.5 Å². The van der Waals surface area contributed by atoms with Crippen LogP contribution in [-0.4, -0.2) is 130 Å². The number of likely N-dealkylation sites (tertiary alicyclic amines) is 2.